The van der Waals surface area contributed by atoms with E-state index >= 15 is 0 Å². The zero-order chi connectivity index (χ0) is 15.1. The van der Waals surface area contributed by atoms with E-state index in [1.165, 1.54) is 18.4 Å². The van der Waals surface area contributed by atoms with Crippen molar-refractivity contribution in [1.82, 2.24) is 0 Å². The maximum atomic E-state index is 2.18. The number of hydrogen-bond acceptors (Lipinski definition) is 0. The average Bonchev–Trinajstić information content (AvgIpc) is 2.46. The summed E-state index contributed by atoms with van der Waals surface area (Å²) in [6, 6.07) is 0. The molecule has 0 atom stereocenters. The number of rotatable bonds is 2. The molecule has 0 aliphatic carbocycles. The smallest absolute Gasteiger partial charge is 0.0401 e. The topological polar surface area (TPSA) is 0 Å². The Morgan fingerprint density at radius 2 is 1.06 bits per heavy atom. The number of unbranched alkanes of at least 4 members (excludes halogenated alkanes) is 1. The van der Waals surface area contributed by atoms with Crippen LogP contribution in [0.1, 0.15) is 89.0 Å². The SMILES string of the molecule is C/C=C\C(C)=C/C.CC.CC.CC.CCCC. The van der Waals surface area contributed by atoms with Crippen LogP contribution in [0, 0.1) is 0 Å². The molecule has 0 aromatic rings. The van der Waals surface area contributed by atoms with Crippen LogP contribution in [0.4, 0.5) is 0 Å². The maximum absolute atomic E-state index is 2.18. The lowest BCUT2D eigenvalue weighted by molar-refractivity contribution is 0.886. The Labute approximate surface area is 113 Å². The Kier molecular flexibility index (Phi) is 102. The molecule has 0 spiro atoms. The van der Waals surface area contributed by atoms with Gasteiger partial charge in [-0.15, -0.1) is 0 Å². The Morgan fingerprint density at radius 1 is 0.765 bits per heavy atom. The van der Waals surface area contributed by atoms with Crippen LogP contribution >= 0.6 is 0 Å². The van der Waals surface area contributed by atoms with Crippen molar-refractivity contribution < 1.29 is 0 Å². The van der Waals surface area contributed by atoms with Crippen LogP contribution < -0.4 is 0 Å². The Morgan fingerprint density at radius 3 is 1.12 bits per heavy atom. The van der Waals surface area contributed by atoms with Crippen LogP contribution in [0.25, 0.3) is 0 Å². The molecule has 0 heteroatoms. The molecule has 0 aromatic carbocycles. The fourth-order valence-electron chi connectivity index (χ4n) is 0.359. The molecule has 0 aliphatic heterocycles. The second-order valence-corrected chi connectivity index (χ2v) is 2.53. The van der Waals surface area contributed by atoms with E-state index < -0.39 is 0 Å². The molecule has 0 aliphatic rings. The predicted molar refractivity (Wildman–Crippen MR) is 88.9 cm³/mol. The summed E-state index contributed by atoms with van der Waals surface area (Å²) >= 11 is 0. The van der Waals surface area contributed by atoms with Crippen molar-refractivity contribution in [2.24, 2.45) is 0 Å². The van der Waals surface area contributed by atoms with E-state index in [1.807, 2.05) is 61.5 Å². The molecule has 0 saturated carbocycles. The number of allylic oxidation sites excluding steroid dienone is 4. The third-order valence-corrected chi connectivity index (χ3v) is 1.38. The van der Waals surface area contributed by atoms with E-state index in [0.29, 0.717) is 0 Å². The fourth-order valence-corrected chi connectivity index (χ4v) is 0.359. The van der Waals surface area contributed by atoms with Crippen LogP contribution in [0.2, 0.25) is 0 Å². The van der Waals surface area contributed by atoms with Gasteiger partial charge in [0.25, 0.3) is 0 Å². The molecular formula is C17H40. The van der Waals surface area contributed by atoms with Gasteiger partial charge in [-0.1, -0.05) is 92.0 Å². The highest BCUT2D eigenvalue weighted by atomic mass is 13.8. The summed E-state index contributed by atoms with van der Waals surface area (Å²) < 4.78 is 0. The third-order valence-electron chi connectivity index (χ3n) is 1.38. The van der Waals surface area contributed by atoms with Crippen molar-refractivity contribution in [2.75, 3.05) is 0 Å². The van der Waals surface area contributed by atoms with Crippen molar-refractivity contribution in [1.29, 1.82) is 0 Å². The van der Waals surface area contributed by atoms with E-state index in [1.54, 1.807) is 0 Å². The summed E-state index contributed by atoms with van der Waals surface area (Å²) in [6.07, 6.45) is 8.84. The van der Waals surface area contributed by atoms with Crippen molar-refractivity contribution in [2.45, 2.75) is 89.0 Å². The molecule has 0 fully saturated rings. The Bertz CT molecular complexity index is 105. The molecule has 0 N–H and O–H groups in total. The quantitative estimate of drug-likeness (QED) is 0.443. The normalized spacial score (nSPS) is 8.29. The van der Waals surface area contributed by atoms with Crippen LogP contribution in [-0.4, -0.2) is 0 Å². The van der Waals surface area contributed by atoms with Crippen molar-refractivity contribution in [3.8, 4) is 0 Å². The first-order valence-corrected chi connectivity index (χ1v) is 7.48. The first-order chi connectivity index (χ1) is 8.22. The zero-order valence-corrected chi connectivity index (χ0v) is 14.6. The molecule has 0 nitrogen and oxygen atoms in total. The zero-order valence-electron chi connectivity index (χ0n) is 14.6. The van der Waals surface area contributed by atoms with Gasteiger partial charge >= 0.3 is 0 Å². The van der Waals surface area contributed by atoms with Gasteiger partial charge in [0, 0.05) is 0 Å². The maximum Gasteiger partial charge on any atom is -0.0401 e. The first kappa shape index (κ1) is 30.0. The molecule has 0 heterocycles. The van der Waals surface area contributed by atoms with Gasteiger partial charge < -0.3 is 0 Å². The van der Waals surface area contributed by atoms with Gasteiger partial charge in [-0.05, 0) is 20.8 Å². The van der Waals surface area contributed by atoms with Crippen LogP contribution in [0.5, 0.6) is 0 Å². The summed E-state index contributed by atoms with van der Waals surface area (Å²) in [7, 11) is 0. The van der Waals surface area contributed by atoms with E-state index in [2.05, 4.69) is 32.9 Å². The Balaban J connectivity index is -0.0000000412. The van der Waals surface area contributed by atoms with Crippen molar-refractivity contribution in [3.63, 3.8) is 0 Å². The largest absolute Gasteiger partial charge is 0.0874 e. The van der Waals surface area contributed by atoms with Gasteiger partial charge in [0.1, 0.15) is 0 Å². The van der Waals surface area contributed by atoms with E-state index in [9.17, 15) is 0 Å². The van der Waals surface area contributed by atoms with E-state index in [4.69, 9.17) is 0 Å². The molecule has 0 amide bonds. The molecule has 0 bridgehead atoms. The van der Waals surface area contributed by atoms with Crippen LogP contribution in [-0.2, 0) is 0 Å². The monoisotopic (exact) mass is 244 g/mol. The van der Waals surface area contributed by atoms with Gasteiger partial charge in [0.05, 0.1) is 0 Å². The highest BCUT2D eigenvalue weighted by molar-refractivity contribution is 5.13. The van der Waals surface area contributed by atoms with Gasteiger partial charge in [0.15, 0.2) is 0 Å². The molecule has 0 saturated heterocycles. The highest BCUT2D eigenvalue weighted by Gasteiger charge is 1.69. The van der Waals surface area contributed by atoms with E-state index in [0.717, 1.165) is 0 Å². The summed E-state index contributed by atoms with van der Waals surface area (Å²) in [5.74, 6) is 0. The second kappa shape index (κ2) is 58.0. The fraction of sp³-hybridized carbons (Fsp3) is 0.765. The molecular weight excluding hydrogens is 204 g/mol. The van der Waals surface area contributed by atoms with Crippen molar-refractivity contribution >= 4 is 0 Å². The summed E-state index contributed by atoms with van der Waals surface area (Å²) in [5, 5.41) is 0. The summed E-state index contributed by atoms with van der Waals surface area (Å²) in [6.45, 7) is 22.5. The Hall–Kier alpha value is -0.520. The second-order valence-electron chi connectivity index (χ2n) is 2.53. The molecule has 108 valence electrons. The third kappa shape index (κ3) is 93.7. The molecule has 0 aromatic heterocycles. The minimum Gasteiger partial charge on any atom is -0.0874 e. The van der Waals surface area contributed by atoms with Crippen LogP contribution in [0.3, 0.4) is 0 Å². The van der Waals surface area contributed by atoms with Gasteiger partial charge in [-0.2, -0.15) is 0 Å². The molecule has 17 heavy (non-hydrogen) atoms. The minimum absolute atomic E-state index is 1.32. The lowest BCUT2D eigenvalue weighted by atomic mass is 10.3. The van der Waals surface area contributed by atoms with Gasteiger partial charge in [-0.25, -0.2) is 0 Å². The van der Waals surface area contributed by atoms with Gasteiger partial charge in [0.2, 0.25) is 0 Å². The highest BCUT2D eigenvalue weighted by Crippen LogP contribution is 1.91. The summed E-state index contributed by atoms with van der Waals surface area (Å²) in [5.41, 5.74) is 1.32. The van der Waals surface area contributed by atoms with Crippen LogP contribution in [0.15, 0.2) is 23.8 Å². The van der Waals surface area contributed by atoms with E-state index in [-0.39, 0.29) is 0 Å². The number of hydrogen-bond donors (Lipinski definition) is 0. The molecule has 0 unspecified atom stereocenters. The predicted octanol–water partition coefficient (Wildman–Crippen LogP) is 7.41. The first-order valence-electron chi connectivity index (χ1n) is 7.48. The lowest BCUT2D eigenvalue weighted by Gasteiger charge is -1.81. The standard InChI is InChI=1S/C7H12.C4H10.3C2H6/c1-4-6-7(3)5-2;1-3-4-2;3*1-2/h4-6H,1-3H3;3-4H2,1-2H3;3*1-2H3/b6-4-,7-5-;;;;. The lowest BCUT2D eigenvalue weighted by Crippen LogP contribution is -1.60. The average molecular weight is 245 g/mol. The minimum atomic E-state index is 1.32. The van der Waals surface area contributed by atoms with Gasteiger partial charge in [-0.3, -0.25) is 0 Å². The molecule has 0 rings (SSSR count). The molecule has 0 radical (unpaired) electrons. The summed E-state index contributed by atoms with van der Waals surface area (Å²) in [4.78, 5) is 0. The van der Waals surface area contributed by atoms with Crippen molar-refractivity contribution in [3.05, 3.63) is 23.8 Å².